The lowest BCUT2D eigenvalue weighted by Gasteiger charge is -2.23. The summed E-state index contributed by atoms with van der Waals surface area (Å²) in [5, 5.41) is 8.14. The summed E-state index contributed by atoms with van der Waals surface area (Å²) >= 11 is 5.29. The van der Waals surface area contributed by atoms with E-state index in [9.17, 15) is 0 Å². The van der Waals surface area contributed by atoms with E-state index in [-0.39, 0.29) is 0 Å². The molecule has 1 aliphatic carbocycles. The lowest BCUT2D eigenvalue weighted by atomic mass is 9.96. The largest absolute Gasteiger partial charge is 0.493 e. The van der Waals surface area contributed by atoms with Gasteiger partial charge in [-0.3, -0.25) is 5.43 Å². The van der Waals surface area contributed by atoms with Crippen molar-refractivity contribution < 1.29 is 4.74 Å². The zero-order valence-electron chi connectivity index (χ0n) is 13.2. The maximum absolute atomic E-state index is 5.70. The number of ether oxygens (including phenoxy) is 1. The van der Waals surface area contributed by atoms with Gasteiger partial charge in [0.25, 0.3) is 0 Å². The third-order valence-electron chi connectivity index (χ3n) is 3.69. The van der Waals surface area contributed by atoms with Crippen LogP contribution >= 0.6 is 12.2 Å². The van der Waals surface area contributed by atoms with Gasteiger partial charge in [-0.1, -0.05) is 38.3 Å². The molecule has 1 aliphatic rings. The molecule has 0 saturated heterocycles. The number of thiocarbonyl (C=S) groups is 1. The van der Waals surface area contributed by atoms with Crippen molar-refractivity contribution in [2.45, 2.75) is 51.5 Å². The van der Waals surface area contributed by atoms with Gasteiger partial charge in [0, 0.05) is 11.6 Å². The van der Waals surface area contributed by atoms with E-state index in [0.717, 1.165) is 17.7 Å². The number of nitrogens with one attached hydrogen (secondary N) is 2. The average molecular weight is 319 g/mol. The number of nitrogens with zero attached hydrogens (tertiary/aromatic N) is 1. The molecule has 0 unspecified atom stereocenters. The van der Waals surface area contributed by atoms with E-state index in [1.165, 1.54) is 32.1 Å². The van der Waals surface area contributed by atoms with Crippen LogP contribution in [0.3, 0.4) is 0 Å². The van der Waals surface area contributed by atoms with Crippen LogP contribution in [0.25, 0.3) is 0 Å². The van der Waals surface area contributed by atoms with Crippen molar-refractivity contribution in [3.8, 4) is 5.75 Å². The van der Waals surface area contributed by atoms with Crippen LogP contribution in [-0.2, 0) is 0 Å². The SMILES string of the molecule is CCCOc1ccccc1/C=N\NC(=S)NC1CCCCC1. The third-order valence-corrected chi connectivity index (χ3v) is 3.90. The smallest absolute Gasteiger partial charge is 0.187 e. The predicted molar refractivity (Wildman–Crippen MR) is 95.6 cm³/mol. The number of hydrogen-bond acceptors (Lipinski definition) is 3. The standard InChI is InChI=1S/C17H25N3OS/c1-2-12-21-16-11-7-6-8-14(16)13-18-20-17(22)19-15-9-4-3-5-10-15/h6-8,11,13,15H,2-5,9-10,12H2,1H3,(H2,19,20,22)/b18-13-. The molecule has 4 nitrogen and oxygen atoms in total. The van der Waals surface area contributed by atoms with Crippen LogP contribution in [-0.4, -0.2) is 24.0 Å². The van der Waals surface area contributed by atoms with Gasteiger partial charge in [-0.2, -0.15) is 5.10 Å². The van der Waals surface area contributed by atoms with E-state index in [0.29, 0.717) is 17.8 Å². The fourth-order valence-corrected chi connectivity index (χ4v) is 2.78. The highest BCUT2D eigenvalue weighted by Crippen LogP contribution is 2.17. The Kier molecular flexibility index (Phi) is 7.16. The van der Waals surface area contributed by atoms with Crippen LogP contribution in [0.15, 0.2) is 29.4 Å². The summed E-state index contributed by atoms with van der Waals surface area (Å²) in [5.41, 5.74) is 3.84. The van der Waals surface area contributed by atoms with Gasteiger partial charge in [0.1, 0.15) is 5.75 Å². The van der Waals surface area contributed by atoms with E-state index < -0.39 is 0 Å². The lowest BCUT2D eigenvalue weighted by Crippen LogP contribution is -2.40. The van der Waals surface area contributed by atoms with Crippen molar-refractivity contribution in [1.29, 1.82) is 0 Å². The van der Waals surface area contributed by atoms with Crippen molar-refractivity contribution in [2.24, 2.45) is 5.10 Å². The van der Waals surface area contributed by atoms with E-state index in [1.807, 2.05) is 24.3 Å². The Morgan fingerprint density at radius 3 is 2.86 bits per heavy atom. The van der Waals surface area contributed by atoms with Crippen LogP contribution in [0.5, 0.6) is 5.75 Å². The first-order valence-electron chi connectivity index (χ1n) is 8.11. The first-order chi connectivity index (χ1) is 10.8. The summed E-state index contributed by atoms with van der Waals surface area (Å²) in [6.45, 7) is 2.80. The third kappa shape index (κ3) is 5.64. The molecule has 1 aromatic rings. The topological polar surface area (TPSA) is 45.6 Å². The summed E-state index contributed by atoms with van der Waals surface area (Å²) in [6.07, 6.45) is 9.03. The van der Waals surface area contributed by atoms with Crippen molar-refractivity contribution in [3.63, 3.8) is 0 Å². The molecule has 0 radical (unpaired) electrons. The van der Waals surface area contributed by atoms with Crippen LogP contribution in [0.4, 0.5) is 0 Å². The molecule has 22 heavy (non-hydrogen) atoms. The van der Waals surface area contributed by atoms with Gasteiger partial charge < -0.3 is 10.1 Å². The van der Waals surface area contributed by atoms with Crippen LogP contribution in [0.1, 0.15) is 51.0 Å². The molecule has 0 bridgehead atoms. The molecule has 0 spiro atoms. The summed E-state index contributed by atoms with van der Waals surface area (Å²) in [6, 6.07) is 8.36. The Morgan fingerprint density at radius 1 is 1.32 bits per heavy atom. The monoisotopic (exact) mass is 319 g/mol. The second kappa shape index (κ2) is 9.41. The molecule has 1 saturated carbocycles. The highest BCUT2D eigenvalue weighted by Gasteiger charge is 2.13. The fourth-order valence-electron chi connectivity index (χ4n) is 2.56. The van der Waals surface area contributed by atoms with Crippen molar-refractivity contribution >= 4 is 23.5 Å². The van der Waals surface area contributed by atoms with Crippen molar-refractivity contribution in [3.05, 3.63) is 29.8 Å². The van der Waals surface area contributed by atoms with E-state index in [1.54, 1.807) is 6.21 Å². The Morgan fingerprint density at radius 2 is 2.09 bits per heavy atom. The molecule has 2 N–H and O–H groups in total. The number of benzene rings is 1. The summed E-state index contributed by atoms with van der Waals surface area (Å²) in [7, 11) is 0. The highest BCUT2D eigenvalue weighted by molar-refractivity contribution is 7.80. The van der Waals surface area contributed by atoms with E-state index in [4.69, 9.17) is 17.0 Å². The van der Waals surface area contributed by atoms with E-state index in [2.05, 4.69) is 22.8 Å². The molecule has 2 rings (SSSR count). The molecule has 120 valence electrons. The van der Waals surface area contributed by atoms with Crippen LogP contribution in [0.2, 0.25) is 0 Å². The first kappa shape index (κ1) is 16.7. The Hall–Kier alpha value is -1.62. The molecule has 0 atom stereocenters. The number of hydrogen-bond donors (Lipinski definition) is 2. The molecule has 1 aromatic carbocycles. The van der Waals surface area contributed by atoms with Gasteiger partial charge in [-0.15, -0.1) is 0 Å². The number of rotatable bonds is 6. The maximum Gasteiger partial charge on any atom is 0.187 e. The maximum atomic E-state index is 5.70. The Balaban J connectivity index is 1.82. The highest BCUT2D eigenvalue weighted by atomic mass is 32.1. The van der Waals surface area contributed by atoms with Crippen LogP contribution < -0.4 is 15.5 Å². The molecular formula is C17H25N3OS. The minimum Gasteiger partial charge on any atom is -0.493 e. The molecule has 0 heterocycles. The van der Waals surface area contributed by atoms with Gasteiger partial charge in [0.15, 0.2) is 5.11 Å². The Bertz CT molecular complexity index is 498. The molecule has 5 heteroatoms. The van der Waals surface area contributed by atoms with Crippen molar-refractivity contribution in [1.82, 2.24) is 10.7 Å². The minimum absolute atomic E-state index is 0.490. The molecule has 0 amide bonds. The molecule has 0 aromatic heterocycles. The van der Waals surface area contributed by atoms with Gasteiger partial charge >= 0.3 is 0 Å². The van der Waals surface area contributed by atoms with Gasteiger partial charge in [0.05, 0.1) is 12.8 Å². The first-order valence-corrected chi connectivity index (χ1v) is 8.52. The van der Waals surface area contributed by atoms with Crippen molar-refractivity contribution in [2.75, 3.05) is 6.61 Å². The van der Waals surface area contributed by atoms with Gasteiger partial charge in [-0.25, -0.2) is 0 Å². The zero-order valence-corrected chi connectivity index (χ0v) is 14.0. The normalized spacial score (nSPS) is 15.7. The molecule has 1 fully saturated rings. The lowest BCUT2D eigenvalue weighted by molar-refractivity contribution is 0.317. The quantitative estimate of drug-likeness (QED) is 0.478. The fraction of sp³-hybridized carbons (Fsp3) is 0.529. The molecule has 0 aliphatic heterocycles. The number of hydrazone groups is 1. The minimum atomic E-state index is 0.490. The molecular weight excluding hydrogens is 294 g/mol. The Labute approximate surface area is 138 Å². The zero-order chi connectivity index (χ0) is 15.6. The second-order valence-electron chi connectivity index (χ2n) is 5.56. The number of para-hydroxylation sites is 1. The van der Waals surface area contributed by atoms with Gasteiger partial charge in [0.2, 0.25) is 0 Å². The second-order valence-corrected chi connectivity index (χ2v) is 5.97. The summed E-state index contributed by atoms with van der Waals surface area (Å²) in [5.74, 6) is 0.848. The summed E-state index contributed by atoms with van der Waals surface area (Å²) in [4.78, 5) is 0. The summed E-state index contributed by atoms with van der Waals surface area (Å²) < 4.78 is 5.70. The predicted octanol–water partition coefficient (Wildman–Crippen LogP) is 3.61. The van der Waals surface area contributed by atoms with E-state index >= 15 is 0 Å². The average Bonchev–Trinajstić information content (AvgIpc) is 2.55. The van der Waals surface area contributed by atoms with Crippen LogP contribution in [0, 0.1) is 0 Å². The van der Waals surface area contributed by atoms with Gasteiger partial charge in [-0.05, 0) is 43.6 Å².